The van der Waals surface area contributed by atoms with Crippen molar-refractivity contribution in [2.24, 2.45) is 5.92 Å². The number of urea groups is 1. The van der Waals surface area contributed by atoms with Crippen LogP contribution in [-0.2, 0) is 36.8 Å². The van der Waals surface area contributed by atoms with E-state index in [1.165, 1.54) is 43.5 Å². The van der Waals surface area contributed by atoms with Gasteiger partial charge in [-0.15, -0.1) is 0 Å². The van der Waals surface area contributed by atoms with Crippen LogP contribution < -0.4 is 26.6 Å². The summed E-state index contributed by atoms with van der Waals surface area (Å²) in [5.74, 6) is -3.65. The fraction of sp³-hybridized carbons (Fsp3) is 0.424. The highest BCUT2D eigenvalue weighted by molar-refractivity contribution is 5.93. The Bertz CT molecular complexity index is 1420. The van der Waals surface area contributed by atoms with Gasteiger partial charge in [-0.3, -0.25) is 14.4 Å². The number of carbonyl (C=O) groups is 5. The smallest absolute Gasteiger partial charge is 0.328 e. The van der Waals surface area contributed by atoms with E-state index in [0.717, 1.165) is 0 Å². The summed E-state index contributed by atoms with van der Waals surface area (Å²) < 4.78 is 33.2. The third kappa shape index (κ3) is 11.3. The fourth-order valence-electron chi connectivity index (χ4n) is 4.91. The van der Waals surface area contributed by atoms with E-state index in [1.807, 2.05) is 0 Å². The minimum absolute atomic E-state index is 0.0456. The van der Waals surface area contributed by atoms with Gasteiger partial charge in [0.1, 0.15) is 29.8 Å². The predicted molar refractivity (Wildman–Crippen MR) is 166 cm³/mol. The van der Waals surface area contributed by atoms with Crippen LogP contribution >= 0.6 is 0 Å². The SMILES string of the molecule is COC(=O)C(NC(=O)NC(Cc1cccc(F)c1)C(=O)N[C@H]1CCCCNC(=O)C=C[C@H](Cc2ccccc2F)NC1=O)C(C)C. The normalized spacial score (nSPS) is 18.6. The number of methoxy groups -OCH3 is 1. The largest absolute Gasteiger partial charge is 0.467 e. The van der Waals surface area contributed by atoms with Crippen LogP contribution in [0.5, 0.6) is 0 Å². The van der Waals surface area contributed by atoms with E-state index < -0.39 is 59.6 Å². The molecular formula is C33H41F2N5O6. The highest BCUT2D eigenvalue weighted by Crippen LogP contribution is 2.13. The van der Waals surface area contributed by atoms with Gasteiger partial charge in [-0.1, -0.05) is 50.3 Å². The Morgan fingerprint density at radius 3 is 2.48 bits per heavy atom. The van der Waals surface area contributed by atoms with Gasteiger partial charge in [-0.05, 0) is 60.9 Å². The Kier molecular flexibility index (Phi) is 13.7. The zero-order chi connectivity index (χ0) is 33.6. The van der Waals surface area contributed by atoms with Crippen LogP contribution in [0.1, 0.15) is 44.2 Å². The molecule has 1 aliphatic heterocycles. The summed E-state index contributed by atoms with van der Waals surface area (Å²) in [6.45, 7) is 3.76. The van der Waals surface area contributed by atoms with Crippen LogP contribution in [0.2, 0.25) is 0 Å². The molecule has 1 heterocycles. The number of hydrogen-bond acceptors (Lipinski definition) is 6. The Balaban J connectivity index is 1.83. The molecule has 4 atom stereocenters. The highest BCUT2D eigenvalue weighted by atomic mass is 19.1. The number of hydrogen-bond donors (Lipinski definition) is 5. The van der Waals surface area contributed by atoms with Crippen LogP contribution in [-0.4, -0.2) is 67.5 Å². The lowest BCUT2D eigenvalue weighted by molar-refractivity contribution is -0.144. The number of amides is 5. The lowest BCUT2D eigenvalue weighted by Gasteiger charge is -2.26. The van der Waals surface area contributed by atoms with Crippen molar-refractivity contribution in [3.8, 4) is 0 Å². The van der Waals surface area contributed by atoms with E-state index in [4.69, 9.17) is 4.74 Å². The fourth-order valence-corrected chi connectivity index (χ4v) is 4.91. The van der Waals surface area contributed by atoms with E-state index in [0.29, 0.717) is 30.5 Å². The van der Waals surface area contributed by atoms with E-state index >= 15 is 0 Å². The maximum absolute atomic E-state index is 14.4. The molecule has 0 saturated carbocycles. The van der Waals surface area contributed by atoms with Crippen molar-refractivity contribution in [1.82, 2.24) is 26.6 Å². The van der Waals surface area contributed by atoms with Crippen molar-refractivity contribution in [3.63, 3.8) is 0 Å². The summed E-state index contributed by atoms with van der Waals surface area (Å²) in [6.07, 6.45) is 3.83. The van der Waals surface area contributed by atoms with Crippen molar-refractivity contribution >= 4 is 29.7 Å². The van der Waals surface area contributed by atoms with Crippen LogP contribution in [0.4, 0.5) is 13.6 Å². The molecule has 0 bridgehead atoms. The molecule has 1 aliphatic rings. The predicted octanol–water partition coefficient (Wildman–Crippen LogP) is 2.44. The minimum Gasteiger partial charge on any atom is -0.467 e. The molecule has 0 saturated heterocycles. The van der Waals surface area contributed by atoms with Gasteiger partial charge < -0.3 is 31.3 Å². The number of carbonyl (C=O) groups excluding carboxylic acids is 5. The molecule has 0 aliphatic carbocycles. The van der Waals surface area contributed by atoms with Crippen LogP contribution in [0, 0.1) is 17.6 Å². The number of esters is 1. The zero-order valence-electron chi connectivity index (χ0n) is 26.1. The Labute approximate surface area is 266 Å². The first kappa shape index (κ1) is 35.7. The lowest BCUT2D eigenvalue weighted by Crippen LogP contribution is -2.58. The Morgan fingerprint density at radius 1 is 1.02 bits per heavy atom. The number of halogens is 2. The van der Waals surface area contributed by atoms with E-state index in [2.05, 4.69) is 26.6 Å². The number of ether oxygens (including phenoxy) is 1. The quantitative estimate of drug-likeness (QED) is 0.251. The van der Waals surface area contributed by atoms with Gasteiger partial charge in [0.2, 0.25) is 17.7 Å². The molecule has 0 spiro atoms. The van der Waals surface area contributed by atoms with Gasteiger partial charge in [0.25, 0.3) is 0 Å². The lowest BCUT2D eigenvalue weighted by atomic mass is 10.0. The van der Waals surface area contributed by atoms with E-state index in [-0.39, 0.29) is 31.1 Å². The molecule has 0 fully saturated rings. The number of nitrogens with one attached hydrogen (secondary N) is 5. The van der Waals surface area contributed by atoms with E-state index in [9.17, 15) is 32.8 Å². The average molecular weight is 642 g/mol. The monoisotopic (exact) mass is 641 g/mol. The molecule has 46 heavy (non-hydrogen) atoms. The molecule has 3 rings (SSSR count). The third-order valence-corrected chi connectivity index (χ3v) is 7.42. The second kappa shape index (κ2) is 17.6. The topological polar surface area (TPSA) is 155 Å². The van der Waals surface area contributed by atoms with Gasteiger partial charge in [0.05, 0.1) is 13.2 Å². The van der Waals surface area contributed by atoms with Gasteiger partial charge in [-0.25, -0.2) is 18.4 Å². The molecule has 2 aromatic rings. The number of rotatable bonds is 10. The first-order valence-electron chi connectivity index (χ1n) is 15.2. The molecule has 2 aromatic carbocycles. The molecule has 2 unspecified atom stereocenters. The molecule has 13 heteroatoms. The first-order chi connectivity index (χ1) is 22.0. The molecule has 248 valence electrons. The summed E-state index contributed by atoms with van der Waals surface area (Å²) in [6, 6.07) is 6.64. The minimum atomic E-state index is -1.27. The molecular weight excluding hydrogens is 600 g/mol. The second-order valence-corrected chi connectivity index (χ2v) is 11.4. The van der Waals surface area contributed by atoms with Crippen molar-refractivity contribution in [2.45, 2.75) is 70.1 Å². The average Bonchev–Trinajstić information content (AvgIpc) is 3.01. The van der Waals surface area contributed by atoms with Gasteiger partial charge in [0, 0.05) is 19.0 Å². The van der Waals surface area contributed by atoms with Gasteiger partial charge in [-0.2, -0.15) is 0 Å². The Hall–Kier alpha value is -4.81. The summed E-state index contributed by atoms with van der Waals surface area (Å²) in [7, 11) is 1.19. The molecule has 5 N–H and O–H groups in total. The maximum Gasteiger partial charge on any atom is 0.328 e. The van der Waals surface area contributed by atoms with Crippen molar-refractivity contribution < 1.29 is 37.5 Å². The summed E-state index contributed by atoms with van der Waals surface area (Å²) >= 11 is 0. The maximum atomic E-state index is 14.4. The molecule has 0 aromatic heterocycles. The highest BCUT2D eigenvalue weighted by Gasteiger charge is 2.30. The first-order valence-corrected chi connectivity index (χ1v) is 15.2. The number of benzene rings is 2. The van der Waals surface area contributed by atoms with Crippen LogP contribution in [0.3, 0.4) is 0 Å². The summed E-state index contributed by atoms with van der Waals surface area (Å²) in [4.78, 5) is 64.6. The molecule has 11 nitrogen and oxygen atoms in total. The summed E-state index contributed by atoms with van der Waals surface area (Å²) in [5.41, 5.74) is 0.727. The van der Waals surface area contributed by atoms with Crippen molar-refractivity contribution in [3.05, 3.63) is 83.4 Å². The van der Waals surface area contributed by atoms with Crippen LogP contribution in [0.15, 0.2) is 60.7 Å². The van der Waals surface area contributed by atoms with Crippen LogP contribution in [0.25, 0.3) is 0 Å². The second-order valence-electron chi connectivity index (χ2n) is 11.4. The zero-order valence-corrected chi connectivity index (χ0v) is 26.1. The van der Waals surface area contributed by atoms with Gasteiger partial charge in [0.15, 0.2) is 0 Å². The van der Waals surface area contributed by atoms with E-state index in [1.54, 1.807) is 38.1 Å². The molecule has 5 amide bonds. The standard InChI is InChI=1S/C33H41F2N5O6/c1-20(2)29(32(44)46-3)40-33(45)39-27(18-21-9-8-11-23(34)17-21)31(43)38-26-13-6-7-16-36-28(41)15-14-24(37-30(26)42)19-22-10-4-5-12-25(22)35/h4-5,8-12,14-15,17,20,24,26-27,29H,6-7,13,16,18-19H2,1-3H3,(H,36,41)(H,37,42)(H,38,43)(H2,39,40,45)/t24-,26+,27?,29?/m1/s1. The third-order valence-electron chi connectivity index (χ3n) is 7.42. The Morgan fingerprint density at radius 2 is 1.78 bits per heavy atom. The van der Waals surface area contributed by atoms with Crippen molar-refractivity contribution in [1.29, 1.82) is 0 Å². The van der Waals surface area contributed by atoms with Crippen molar-refractivity contribution in [2.75, 3.05) is 13.7 Å². The molecule has 0 radical (unpaired) electrons. The van der Waals surface area contributed by atoms with Gasteiger partial charge >= 0.3 is 12.0 Å². The summed E-state index contributed by atoms with van der Waals surface area (Å²) in [5, 5.41) is 13.3.